The van der Waals surface area contributed by atoms with Crippen molar-refractivity contribution in [3.05, 3.63) is 46.6 Å². The fraction of sp³-hybridized carbons (Fsp3) is 0.907. The monoisotopic (exact) mass is 1290 g/mol. The van der Waals surface area contributed by atoms with Crippen molar-refractivity contribution in [2.45, 2.75) is 380 Å². The molecule has 0 aromatic heterocycles. The van der Waals surface area contributed by atoms with Gasteiger partial charge in [-0.15, -0.1) is 0 Å². The number of aliphatic hydroxyl groups excluding tert-OH is 2. The van der Waals surface area contributed by atoms with E-state index in [1.54, 1.807) is 0 Å². The Kier molecular flexibility index (Phi) is 57.6. The van der Waals surface area contributed by atoms with Gasteiger partial charge in [-0.25, -0.2) is 0 Å². The van der Waals surface area contributed by atoms with Crippen molar-refractivity contribution in [3.8, 4) is 0 Å². The molecule has 14 unspecified atom stereocenters. The highest BCUT2D eigenvalue weighted by Gasteiger charge is 2.16. The first kappa shape index (κ1) is 88.7. The summed E-state index contributed by atoms with van der Waals surface area (Å²) >= 11 is 0. The van der Waals surface area contributed by atoms with Crippen LogP contribution in [0, 0.1) is 71.0 Å². The lowest BCUT2D eigenvalue weighted by Gasteiger charge is -2.18. The molecule has 0 fully saturated rings. The van der Waals surface area contributed by atoms with Gasteiger partial charge in [-0.1, -0.05) is 335 Å². The molecule has 6 nitrogen and oxygen atoms in total. The zero-order valence-electron chi connectivity index (χ0n) is 64.9. The quantitative estimate of drug-likeness (QED) is 0.268. The third-order valence-corrected chi connectivity index (χ3v) is 22.2. The smallest absolute Gasteiger partial charge is 0.104 e. The molecule has 0 amide bonds. The van der Waals surface area contributed by atoms with E-state index in [1.807, 2.05) is 0 Å². The molecule has 0 bridgehead atoms. The van der Waals surface area contributed by atoms with Crippen LogP contribution in [0.15, 0.2) is 46.6 Å². The van der Waals surface area contributed by atoms with Crippen LogP contribution in [0.25, 0.3) is 0 Å². The predicted octanol–water partition coefficient (Wildman–Crippen LogP) is 25.8. The van der Waals surface area contributed by atoms with E-state index >= 15 is 0 Å². The largest absolute Gasteiger partial charge is 0.394 e. The van der Waals surface area contributed by atoms with E-state index in [0.29, 0.717) is 39.6 Å². The number of hydrogen-bond donors (Lipinski definition) is 2. The van der Waals surface area contributed by atoms with Crippen LogP contribution < -0.4 is 0 Å². The average molecular weight is 1290 g/mol. The highest BCUT2D eigenvalue weighted by Crippen LogP contribution is 2.30. The van der Waals surface area contributed by atoms with Crippen LogP contribution in [0.5, 0.6) is 0 Å². The van der Waals surface area contributed by atoms with Crippen molar-refractivity contribution in [1.82, 2.24) is 0 Å². The van der Waals surface area contributed by atoms with Gasteiger partial charge in [-0.05, 0) is 150 Å². The van der Waals surface area contributed by atoms with Gasteiger partial charge in [0.25, 0.3) is 0 Å². The summed E-state index contributed by atoms with van der Waals surface area (Å²) in [6.07, 6.45) is 61.9. The second-order valence-electron chi connectivity index (χ2n) is 33.0. The zero-order valence-corrected chi connectivity index (χ0v) is 64.9. The van der Waals surface area contributed by atoms with Gasteiger partial charge in [0, 0.05) is 0 Å². The molecule has 1 heterocycles. The molecule has 0 saturated heterocycles. The molecule has 1 aliphatic rings. The molecule has 544 valence electrons. The third kappa shape index (κ3) is 55.7. The Morgan fingerprint density at radius 2 is 0.413 bits per heavy atom. The normalized spacial score (nSPS) is 32.6. The molecular weight excluding hydrogens is 1130 g/mol. The summed E-state index contributed by atoms with van der Waals surface area (Å²) in [4.78, 5) is 0. The first-order chi connectivity index (χ1) is 44.2. The topological polar surface area (TPSA) is 77.4 Å². The van der Waals surface area contributed by atoms with Crippen LogP contribution in [0.3, 0.4) is 0 Å². The van der Waals surface area contributed by atoms with Crippen LogP contribution >= 0.6 is 0 Å². The molecule has 0 spiro atoms. The third-order valence-electron chi connectivity index (χ3n) is 22.2. The number of ether oxygens (including phenoxy) is 4. The molecule has 1 rings (SSSR count). The van der Waals surface area contributed by atoms with Gasteiger partial charge in [0.1, 0.15) is 12.2 Å². The van der Waals surface area contributed by atoms with E-state index in [-0.39, 0.29) is 25.4 Å². The van der Waals surface area contributed by atoms with Gasteiger partial charge in [-0.3, -0.25) is 0 Å². The van der Waals surface area contributed by atoms with Gasteiger partial charge in [0.2, 0.25) is 0 Å². The number of hydrogen-bond acceptors (Lipinski definition) is 6. The van der Waals surface area contributed by atoms with Gasteiger partial charge < -0.3 is 29.2 Å². The van der Waals surface area contributed by atoms with Crippen LogP contribution in [0.1, 0.15) is 368 Å². The average Bonchev–Trinajstić information content (AvgIpc) is 3.63. The molecule has 1 aliphatic heterocycles. The van der Waals surface area contributed by atoms with Crippen LogP contribution in [0.2, 0.25) is 0 Å². The van der Waals surface area contributed by atoms with Crippen molar-refractivity contribution >= 4 is 0 Å². The standard InChI is InChI=1S/C86H164O6/c1-69-29-17-33-73(5)41-25-49-81(13)57-61-89-67-85(65-87)91-63-59-83(15)52-28-44-76(8)36-20-32-72(4)40-24-48-80(12)56-54-78(10)46-22-38-70(2)30-18-34-74(6)42-26-50-82(14)58-62-90-68-86(66-88)92-64-60-84(16)51-27-43-75(7)35-19-31-71(3)39-23-47-79(11)55-53-77(9)45-21-37-69/h57-60,69-80,85-88H,17-56,61-68H2,1-16H3. The first-order valence-electron chi connectivity index (χ1n) is 40.4. The van der Waals surface area contributed by atoms with Gasteiger partial charge in [0.15, 0.2) is 0 Å². The number of aliphatic hydroxyl groups is 2. The molecular formula is C86H164O6. The van der Waals surface area contributed by atoms with E-state index < -0.39 is 0 Å². The van der Waals surface area contributed by atoms with Crippen molar-refractivity contribution in [2.24, 2.45) is 71.0 Å². The van der Waals surface area contributed by atoms with Gasteiger partial charge in [-0.2, -0.15) is 0 Å². The second-order valence-corrected chi connectivity index (χ2v) is 33.0. The van der Waals surface area contributed by atoms with Crippen LogP contribution in [-0.4, -0.2) is 75.3 Å². The van der Waals surface area contributed by atoms with E-state index in [2.05, 4.69) is 135 Å². The minimum atomic E-state index is -0.279. The molecule has 14 atom stereocenters. The number of rotatable bonds is 2. The van der Waals surface area contributed by atoms with E-state index in [4.69, 9.17) is 18.9 Å². The maximum Gasteiger partial charge on any atom is 0.104 e. The lowest BCUT2D eigenvalue weighted by Crippen LogP contribution is -2.24. The molecule has 92 heavy (non-hydrogen) atoms. The van der Waals surface area contributed by atoms with E-state index in [1.165, 1.54) is 253 Å². The minimum Gasteiger partial charge on any atom is -0.394 e. The molecule has 0 radical (unpaired) electrons. The Balaban J connectivity index is 2.58. The number of allylic oxidation sites excluding steroid dienone is 4. The Labute approximate surface area is 576 Å². The fourth-order valence-electron chi connectivity index (χ4n) is 14.5. The van der Waals surface area contributed by atoms with E-state index in [0.717, 1.165) is 96.7 Å². The Morgan fingerprint density at radius 1 is 0.250 bits per heavy atom. The summed E-state index contributed by atoms with van der Waals surface area (Å²) in [5.74, 6) is 9.98. The van der Waals surface area contributed by atoms with Crippen LogP contribution in [0.4, 0.5) is 0 Å². The predicted molar refractivity (Wildman–Crippen MR) is 405 cm³/mol. The molecule has 0 saturated carbocycles. The fourth-order valence-corrected chi connectivity index (χ4v) is 14.5. The minimum absolute atomic E-state index is 0.00984. The maximum atomic E-state index is 9.99. The Morgan fingerprint density at radius 3 is 0.598 bits per heavy atom. The zero-order chi connectivity index (χ0) is 68.0. The highest BCUT2D eigenvalue weighted by molar-refractivity contribution is 5.00. The van der Waals surface area contributed by atoms with Crippen LogP contribution in [-0.2, 0) is 18.9 Å². The molecule has 2 N–H and O–H groups in total. The second kappa shape index (κ2) is 59.7. The van der Waals surface area contributed by atoms with Crippen molar-refractivity contribution in [1.29, 1.82) is 0 Å². The summed E-state index contributed by atoms with van der Waals surface area (Å²) in [6.45, 7) is 41.9. The summed E-state index contributed by atoms with van der Waals surface area (Å²) < 4.78 is 24.0. The molecule has 0 aliphatic carbocycles. The maximum absolute atomic E-state index is 9.99. The van der Waals surface area contributed by atoms with Crippen molar-refractivity contribution in [2.75, 3.05) is 52.9 Å². The summed E-state index contributed by atoms with van der Waals surface area (Å²) in [6, 6.07) is 0. The molecule has 0 aromatic carbocycles. The van der Waals surface area contributed by atoms with E-state index in [9.17, 15) is 10.2 Å². The van der Waals surface area contributed by atoms with Gasteiger partial charge >= 0.3 is 0 Å². The Bertz CT molecular complexity index is 1640. The lowest BCUT2D eigenvalue weighted by molar-refractivity contribution is -0.0272. The first-order valence-corrected chi connectivity index (χ1v) is 40.4. The van der Waals surface area contributed by atoms with Crippen molar-refractivity contribution in [3.63, 3.8) is 0 Å². The van der Waals surface area contributed by atoms with Crippen molar-refractivity contribution < 1.29 is 29.2 Å². The van der Waals surface area contributed by atoms with Gasteiger partial charge in [0.05, 0.1) is 52.9 Å². The lowest BCUT2D eigenvalue weighted by atomic mass is 9.88. The summed E-state index contributed by atoms with van der Waals surface area (Å²) in [5.41, 5.74) is 5.61. The summed E-state index contributed by atoms with van der Waals surface area (Å²) in [7, 11) is 0. The molecule has 6 heteroatoms. The molecule has 0 aromatic rings. The highest BCUT2D eigenvalue weighted by atomic mass is 16.5. The summed E-state index contributed by atoms with van der Waals surface area (Å²) in [5, 5.41) is 20.0. The Hall–Kier alpha value is -1.28. The SMILES string of the molecule is CC1=CCOCC(CO)OCC=C(C)CCCC(C)CCCC(C)CCCC(C)CCC(C)CCCC(C)CCCC(C)CCCC(C)=CCOCC(CO)OCC=C(C)CCCC(C)CCCC(C)CCCC(C)CCC(C)CCCC(C)CCCC(C)CCC1.